The van der Waals surface area contributed by atoms with Crippen molar-refractivity contribution in [3.8, 4) is 11.3 Å². The number of carboxylic acid groups (broad SMARTS) is 1. The van der Waals surface area contributed by atoms with E-state index in [0.717, 1.165) is 11.3 Å². The lowest BCUT2D eigenvalue weighted by atomic mass is 10.1. The lowest BCUT2D eigenvalue weighted by Gasteiger charge is -2.08. The van der Waals surface area contributed by atoms with E-state index in [1.807, 2.05) is 12.1 Å². The number of hydrogen-bond donors (Lipinski definition) is 3. The topological polar surface area (TPSA) is 118 Å². The number of carboxylic acids is 1. The molecule has 0 saturated carbocycles. The number of halogens is 2. The van der Waals surface area contributed by atoms with Gasteiger partial charge in [0, 0.05) is 30.8 Å². The summed E-state index contributed by atoms with van der Waals surface area (Å²) in [5.41, 5.74) is 1.60. The number of nitro groups is 1. The molecule has 1 heterocycles. The van der Waals surface area contributed by atoms with Crippen molar-refractivity contribution in [2.24, 2.45) is 0 Å². The number of benzene rings is 2. The molecule has 0 fully saturated rings. The Balaban J connectivity index is 0.00000320. The summed E-state index contributed by atoms with van der Waals surface area (Å²) in [4.78, 5) is 21.1. The van der Waals surface area contributed by atoms with Crippen molar-refractivity contribution in [3.63, 3.8) is 0 Å². The second-order valence-corrected chi connectivity index (χ2v) is 6.58. The first-order chi connectivity index (χ1) is 13.9. The Bertz CT molecular complexity index is 1020. The predicted octanol–water partition coefficient (Wildman–Crippen LogP) is 4.83. The van der Waals surface area contributed by atoms with Gasteiger partial charge in [0.25, 0.3) is 5.69 Å². The van der Waals surface area contributed by atoms with Gasteiger partial charge in [-0.25, -0.2) is 4.79 Å². The van der Waals surface area contributed by atoms with Crippen LogP contribution in [0.25, 0.3) is 11.3 Å². The summed E-state index contributed by atoms with van der Waals surface area (Å²) >= 11 is 6.04. The average molecular weight is 452 g/mol. The molecule has 3 rings (SSSR count). The van der Waals surface area contributed by atoms with Crippen molar-refractivity contribution in [1.29, 1.82) is 0 Å². The second-order valence-electron chi connectivity index (χ2n) is 6.17. The molecule has 0 aliphatic rings. The third kappa shape index (κ3) is 5.96. The van der Waals surface area contributed by atoms with Gasteiger partial charge in [-0.3, -0.25) is 10.1 Å². The van der Waals surface area contributed by atoms with E-state index >= 15 is 0 Å². The predicted molar refractivity (Wildman–Crippen MR) is 117 cm³/mol. The standard InChI is InChI=1S/C20H18ClN3O5.ClH/c21-17-11-15(24(27)28)5-7-18(17)23-10-9-22-12-16-6-8-19(29-16)13-1-3-14(4-2-13)20(25)26;/h1-8,11,22-23H,9-10,12H2,(H,25,26);1H. The molecule has 0 spiro atoms. The minimum Gasteiger partial charge on any atom is -0.478 e. The van der Waals surface area contributed by atoms with Gasteiger partial charge in [-0.1, -0.05) is 23.7 Å². The van der Waals surface area contributed by atoms with Gasteiger partial charge < -0.3 is 20.2 Å². The van der Waals surface area contributed by atoms with Crippen LogP contribution in [0.4, 0.5) is 11.4 Å². The van der Waals surface area contributed by atoms with Crippen LogP contribution in [-0.2, 0) is 6.54 Å². The van der Waals surface area contributed by atoms with Gasteiger partial charge in [-0.15, -0.1) is 12.4 Å². The maximum absolute atomic E-state index is 10.9. The zero-order chi connectivity index (χ0) is 20.8. The lowest BCUT2D eigenvalue weighted by molar-refractivity contribution is -0.384. The van der Waals surface area contributed by atoms with Crippen molar-refractivity contribution < 1.29 is 19.2 Å². The van der Waals surface area contributed by atoms with Gasteiger partial charge in [-0.2, -0.15) is 0 Å². The van der Waals surface area contributed by atoms with Crippen molar-refractivity contribution in [1.82, 2.24) is 5.32 Å². The van der Waals surface area contributed by atoms with E-state index in [-0.39, 0.29) is 23.7 Å². The highest BCUT2D eigenvalue weighted by Gasteiger charge is 2.09. The van der Waals surface area contributed by atoms with E-state index in [9.17, 15) is 14.9 Å². The summed E-state index contributed by atoms with van der Waals surface area (Å²) in [5, 5.41) is 26.3. The van der Waals surface area contributed by atoms with Gasteiger partial charge in [0.2, 0.25) is 0 Å². The van der Waals surface area contributed by atoms with Gasteiger partial charge in [0.05, 0.1) is 27.7 Å². The number of anilines is 1. The number of nitro benzene ring substituents is 1. The van der Waals surface area contributed by atoms with Crippen LogP contribution in [0.1, 0.15) is 16.1 Å². The Hall–Kier alpha value is -3.07. The van der Waals surface area contributed by atoms with Crippen LogP contribution in [0.3, 0.4) is 0 Å². The third-order valence-electron chi connectivity index (χ3n) is 4.16. The van der Waals surface area contributed by atoms with E-state index in [1.165, 1.54) is 24.3 Å². The molecule has 30 heavy (non-hydrogen) atoms. The molecule has 3 N–H and O–H groups in total. The summed E-state index contributed by atoms with van der Waals surface area (Å²) in [6, 6.07) is 14.5. The number of rotatable bonds is 9. The van der Waals surface area contributed by atoms with E-state index in [2.05, 4.69) is 10.6 Å². The highest BCUT2D eigenvalue weighted by molar-refractivity contribution is 6.33. The molecule has 0 bridgehead atoms. The minimum atomic E-state index is -0.968. The molecule has 1 aromatic heterocycles. The van der Waals surface area contributed by atoms with E-state index in [1.54, 1.807) is 18.2 Å². The normalized spacial score (nSPS) is 10.3. The molecule has 0 aliphatic carbocycles. The van der Waals surface area contributed by atoms with Crippen LogP contribution in [0, 0.1) is 10.1 Å². The molecule has 0 atom stereocenters. The third-order valence-corrected chi connectivity index (χ3v) is 4.47. The van der Waals surface area contributed by atoms with E-state index < -0.39 is 10.9 Å². The van der Waals surface area contributed by atoms with Gasteiger partial charge in [-0.05, 0) is 30.3 Å². The van der Waals surface area contributed by atoms with E-state index in [0.29, 0.717) is 36.1 Å². The Labute approximate surface area is 183 Å². The number of furan rings is 1. The average Bonchev–Trinajstić information content (AvgIpc) is 3.17. The highest BCUT2D eigenvalue weighted by atomic mass is 35.5. The van der Waals surface area contributed by atoms with Crippen LogP contribution < -0.4 is 10.6 Å². The second kappa shape index (κ2) is 10.6. The summed E-state index contributed by atoms with van der Waals surface area (Å²) in [6.45, 7) is 1.71. The van der Waals surface area contributed by atoms with Crippen LogP contribution in [0.15, 0.2) is 59.0 Å². The Kier molecular flexibility index (Phi) is 8.23. The summed E-state index contributed by atoms with van der Waals surface area (Å²) in [6.07, 6.45) is 0. The first-order valence-electron chi connectivity index (χ1n) is 8.75. The molecular weight excluding hydrogens is 433 g/mol. The molecule has 3 aromatic rings. The quantitative estimate of drug-likeness (QED) is 0.242. The van der Waals surface area contributed by atoms with Gasteiger partial charge in [0.1, 0.15) is 11.5 Å². The van der Waals surface area contributed by atoms with Crippen LogP contribution >= 0.6 is 24.0 Å². The van der Waals surface area contributed by atoms with Gasteiger partial charge >= 0.3 is 5.97 Å². The smallest absolute Gasteiger partial charge is 0.335 e. The molecule has 0 radical (unpaired) electrons. The molecule has 0 aliphatic heterocycles. The zero-order valence-corrected chi connectivity index (χ0v) is 17.2. The Morgan fingerprint density at radius 2 is 1.83 bits per heavy atom. The first kappa shape index (κ1) is 23.2. The number of carbonyl (C=O) groups is 1. The molecule has 158 valence electrons. The van der Waals surface area contributed by atoms with Crippen LogP contribution in [0.2, 0.25) is 5.02 Å². The summed E-state index contributed by atoms with van der Waals surface area (Å²) in [5.74, 6) is 0.440. The van der Waals surface area contributed by atoms with Crippen molar-refractivity contribution in [3.05, 3.63) is 81.1 Å². The van der Waals surface area contributed by atoms with Crippen molar-refractivity contribution in [2.75, 3.05) is 18.4 Å². The number of hydrogen-bond acceptors (Lipinski definition) is 6. The van der Waals surface area contributed by atoms with Crippen molar-refractivity contribution in [2.45, 2.75) is 6.54 Å². The van der Waals surface area contributed by atoms with Gasteiger partial charge in [0.15, 0.2) is 0 Å². The maximum atomic E-state index is 10.9. The van der Waals surface area contributed by atoms with Crippen molar-refractivity contribution >= 4 is 41.4 Å². The number of non-ortho nitro benzene ring substituents is 1. The highest BCUT2D eigenvalue weighted by Crippen LogP contribution is 2.26. The molecule has 2 aromatic carbocycles. The maximum Gasteiger partial charge on any atom is 0.335 e. The number of nitrogens with one attached hydrogen (secondary N) is 2. The van der Waals surface area contributed by atoms with Crippen LogP contribution in [0.5, 0.6) is 0 Å². The minimum absolute atomic E-state index is 0. The monoisotopic (exact) mass is 451 g/mol. The molecule has 0 saturated heterocycles. The summed E-state index contributed by atoms with van der Waals surface area (Å²) < 4.78 is 5.77. The van der Waals surface area contributed by atoms with E-state index in [4.69, 9.17) is 21.1 Å². The lowest BCUT2D eigenvalue weighted by Crippen LogP contribution is -2.21. The Morgan fingerprint density at radius 1 is 1.10 bits per heavy atom. The number of aromatic carboxylic acids is 1. The zero-order valence-electron chi connectivity index (χ0n) is 15.6. The fraction of sp³-hybridized carbons (Fsp3) is 0.150. The first-order valence-corrected chi connectivity index (χ1v) is 9.13. The molecule has 8 nitrogen and oxygen atoms in total. The Morgan fingerprint density at radius 3 is 2.47 bits per heavy atom. The summed E-state index contributed by atoms with van der Waals surface area (Å²) in [7, 11) is 0. The number of nitrogens with zero attached hydrogens (tertiary/aromatic N) is 1. The fourth-order valence-corrected chi connectivity index (χ4v) is 2.90. The molecule has 0 unspecified atom stereocenters. The molecular formula is C20H19Cl2N3O5. The SMILES string of the molecule is Cl.O=C(O)c1ccc(-c2ccc(CNCCNc3ccc([N+](=O)[O-])cc3Cl)o2)cc1. The molecule has 0 amide bonds. The largest absolute Gasteiger partial charge is 0.478 e. The fourth-order valence-electron chi connectivity index (χ4n) is 2.66. The molecule has 10 heteroatoms. The van der Waals surface area contributed by atoms with Crippen LogP contribution in [-0.4, -0.2) is 29.1 Å².